The predicted octanol–water partition coefficient (Wildman–Crippen LogP) is 4.09. The minimum Gasteiger partial charge on any atom is -0.394 e. The van der Waals surface area contributed by atoms with Gasteiger partial charge in [0.15, 0.2) is 0 Å². The Morgan fingerprint density at radius 1 is 0.536 bits per heavy atom. The SMILES string of the molecule is CCCCCCCCCCCCCCCCC[C@@H]1O[C@H](CO)[C@H](O)[C@H](O)[C@H]1O. The van der Waals surface area contributed by atoms with E-state index in [4.69, 9.17) is 4.74 Å². The molecular weight excluding hydrogens is 356 g/mol. The topological polar surface area (TPSA) is 90.2 Å². The molecule has 0 radical (unpaired) electrons. The van der Waals surface area contributed by atoms with E-state index >= 15 is 0 Å². The van der Waals surface area contributed by atoms with Gasteiger partial charge in [0.1, 0.15) is 24.4 Å². The second-order valence-corrected chi connectivity index (χ2v) is 8.61. The largest absolute Gasteiger partial charge is 0.394 e. The van der Waals surface area contributed by atoms with Gasteiger partial charge < -0.3 is 25.2 Å². The van der Waals surface area contributed by atoms with Crippen molar-refractivity contribution in [3.63, 3.8) is 0 Å². The van der Waals surface area contributed by atoms with Gasteiger partial charge in [-0.3, -0.25) is 0 Å². The molecular formula is C23H46O5. The number of hydrogen-bond acceptors (Lipinski definition) is 5. The lowest BCUT2D eigenvalue weighted by atomic mass is 9.92. The van der Waals surface area contributed by atoms with Crippen LogP contribution in [0.3, 0.4) is 0 Å². The first-order chi connectivity index (χ1) is 13.6. The first kappa shape index (κ1) is 25.8. The summed E-state index contributed by atoms with van der Waals surface area (Å²) in [6.07, 6.45) is 15.4. The first-order valence-corrected chi connectivity index (χ1v) is 11.9. The number of rotatable bonds is 17. The third kappa shape index (κ3) is 10.5. The zero-order valence-corrected chi connectivity index (χ0v) is 18.1. The smallest absolute Gasteiger partial charge is 0.111 e. The number of aliphatic hydroxyl groups is 4. The van der Waals surface area contributed by atoms with Crippen molar-refractivity contribution in [3.8, 4) is 0 Å². The van der Waals surface area contributed by atoms with Crippen molar-refractivity contribution < 1.29 is 25.2 Å². The first-order valence-electron chi connectivity index (χ1n) is 11.9. The van der Waals surface area contributed by atoms with Gasteiger partial charge in [-0.25, -0.2) is 0 Å². The molecule has 1 fully saturated rings. The van der Waals surface area contributed by atoms with Crippen molar-refractivity contribution in [1.29, 1.82) is 0 Å². The Morgan fingerprint density at radius 2 is 0.929 bits per heavy atom. The molecule has 0 bridgehead atoms. The van der Waals surface area contributed by atoms with Crippen LogP contribution >= 0.6 is 0 Å². The maximum Gasteiger partial charge on any atom is 0.111 e. The van der Waals surface area contributed by atoms with Crippen molar-refractivity contribution >= 4 is 0 Å². The fraction of sp³-hybridized carbons (Fsp3) is 1.00. The van der Waals surface area contributed by atoms with Gasteiger partial charge in [-0.1, -0.05) is 103 Å². The number of ether oxygens (including phenoxy) is 1. The van der Waals surface area contributed by atoms with Gasteiger partial charge in [-0.15, -0.1) is 0 Å². The Kier molecular flexibility index (Phi) is 15.3. The Labute approximate surface area is 172 Å². The number of aliphatic hydroxyl groups excluding tert-OH is 4. The minimum atomic E-state index is -1.24. The third-order valence-corrected chi connectivity index (χ3v) is 6.08. The Hall–Kier alpha value is -0.200. The van der Waals surface area contributed by atoms with Crippen LogP contribution in [-0.2, 0) is 4.74 Å². The molecule has 1 aliphatic rings. The van der Waals surface area contributed by atoms with Crippen LogP contribution in [0.15, 0.2) is 0 Å². The van der Waals surface area contributed by atoms with Gasteiger partial charge in [0, 0.05) is 0 Å². The molecule has 0 aliphatic carbocycles. The Balaban J connectivity index is 1.90. The van der Waals surface area contributed by atoms with E-state index in [1.54, 1.807) is 0 Å². The monoisotopic (exact) mass is 402 g/mol. The van der Waals surface area contributed by atoms with Crippen LogP contribution < -0.4 is 0 Å². The van der Waals surface area contributed by atoms with Gasteiger partial charge in [0.05, 0.1) is 12.7 Å². The standard InChI is InChI=1S/C23H46O5/c1-2-3-4-5-6-7-8-9-10-11-12-13-14-15-16-17-19-21(25)23(27)22(26)20(18-24)28-19/h19-27H,2-18H2,1H3/t19-,20+,21-,22-,23+/m0/s1. The zero-order valence-electron chi connectivity index (χ0n) is 18.1. The minimum absolute atomic E-state index is 0.347. The summed E-state index contributed by atoms with van der Waals surface area (Å²) in [5.41, 5.74) is 0. The molecule has 28 heavy (non-hydrogen) atoms. The second kappa shape index (κ2) is 16.6. The summed E-state index contributed by atoms with van der Waals surface area (Å²) in [5, 5.41) is 38.8. The molecule has 0 saturated carbocycles. The van der Waals surface area contributed by atoms with E-state index in [2.05, 4.69) is 6.92 Å². The van der Waals surface area contributed by atoms with Crippen LogP contribution in [-0.4, -0.2) is 57.6 Å². The normalized spacial score (nSPS) is 28.0. The number of hydrogen-bond donors (Lipinski definition) is 4. The third-order valence-electron chi connectivity index (χ3n) is 6.08. The molecule has 1 saturated heterocycles. The molecule has 5 atom stereocenters. The molecule has 0 amide bonds. The highest BCUT2D eigenvalue weighted by Gasteiger charge is 2.42. The van der Waals surface area contributed by atoms with Gasteiger partial charge in [0.2, 0.25) is 0 Å². The highest BCUT2D eigenvalue weighted by molar-refractivity contribution is 4.91. The van der Waals surface area contributed by atoms with E-state index in [0.29, 0.717) is 6.42 Å². The quantitative estimate of drug-likeness (QED) is 0.275. The highest BCUT2D eigenvalue weighted by Crippen LogP contribution is 2.25. The molecule has 1 aliphatic heterocycles. The lowest BCUT2D eigenvalue weighted by Crippen LogP contribution is -2.58. The predicted molar refractivity (Wildman–Crippen MR) is 113 cm³/mol. The lowest BCUT2D eigenvalue weighted by molar-refractivity contribution is -0.230. The molecule has 168 valence electrons. The molecule has 4 N–H and O–H groups in total. The van der Waals surface area contributed by atoms with Crippen LogP contribution in [0.4, 0.5) is 0 Å². The second-order valence-electron chi connectivity index (χ2n) is 8.61. The fourth-order valence-corrected chi connectivity index (χ4v) is 4.13. The van der Waals surface area contributed by atoms with Crippen molar-refractivity contribution in [1.82, 2.24) is 0 Å². The van der Waals surface area contributed by atoms with Crippen molar-refractivity contribution in [2.45, 2.75) is 140 Å². The average Bonchev–Trinajstić information content (AvgIpc) is 2.70. The molecule has 5 heteroatoms. The van der Waals surface area contributed by atoms with E-state index in [1.165, 1.54) is 83.5 Å². The summed E-state index contributed by atoms with van der Waals surface area (Å²) in [6, 6.07) is 0. The summed E-state index contributed by atoms with van der Waals surface area (Å²) in [6.45, 7) is 1.92. The van der Waals surface area contributed by atoms with Crippen molar-refractivity contribution in [3.05, 3.63) is 0 Å². The summed E-state index contributed by atoms with van der Waals surface area (Å²) in [5.74, 6) is 0. The average molecular weight is 403 g/mol. The molecule has 0 unspecified atom stereocenters. The summed E-state index contributed by atoms with van der Waals surface area (Å²) in [4.78, 5) is 0. The van der Waals surface area contributed by atoms with Crippen molar-refractivity contribution in [2.75, 3.05) is 6.61 Å². The van der Waals surface area contributed by atoms with E-state index in [0.717, 1.165) is 12.8 Å². The van der Waals surface area contributed by atoms with Crippen LogP contribution in [0.5, 0.6) is 0 Å². The van der Waals surface area contributed by atoms with Crippen LogP contribution in [0.2, 0.25) is 0 Å². The van der Waals surface area contributed by atoms with Gasteiger partial charge >= 0.3 is 0 Å². The summed E-state index contributed by atoms with van der Waals surface area (Å²) in [7, 11) is 0. The molecule has 0 aromatic carbocycles. The van der Waals surface area contributed by atoms with Gasteiger partial charge in [-0.2, -0.15) is 0 Å². The number of unbranched alkanes of at least 4 members (excludes halogenated alkanes) is 14. The molecule has 1 rings (SSSR count). The Morgan fingerprint density at radius 3 is 1.36 bits per heavy atom. The fourth-order valence-electron chi connectivity index (χ4n) is 4.13. The molecule has 1 heterocycles. The van der Waals surface area contributed by atoms with E-state index in [9.17, 15) is 20.4 Å². The van der Waals surface area contributed by atoms with E-state index in [-0.39, 0.29) is 6.61 Å². The zero-order chi connectivity index (χ0) is 20.6. The maximum atomic E-state index is 10.0. The Bertz CT molecular complexity index is 350. The van der Waals surface area contributed by atoms with Crippen LogP contribution in [0.25, 0.3) is 0 Å². The summed E-state index contributed by atoms with van der Waals surface area (Å²) >= 11 is 0. The van der Waals surface area contributed by atoms with Gasteiger partial charge in [0.25, 0.3) is 0 Å². The van der Waals surface area contributed by atoms with E-state index in [1.807, 2.05) is 0 Å². The van der Waals surface area contributed by atoms with E-state index < -0.39 is 30.5 Å². The molecule has 0 aromatic rings. The highest BCUT2D eigenvalue weighted by atomic mass is 16.5. The molecule has 0 aromatic heterocycles. The lowest BCUT2D eigenvalue weighted by Gasteiger charge is -2.40. The molecule has 5 nitrogen and oxygen atoms in total. The van der Waals surface area contributed by atoms with Gasteiger partial charge in [-0.05, 0) is 6.42 Å². The van der Waals surface area contributed by atoms with Crippen LogP contribution in [0.1, 0.15) is 110 Å². The van der Waals surface area contributed by atoms with Crippen molar-refractivity contribution in [2.24, 2.45) is 0 Å². The maximum absolute atomic E-state index is 10.0. The van der Waals surface area contributed by atoms with Crippen LogP contribution in [0, 0.1) is 0 Å². The summed E-state index contributed by atoms with van der Waals surface area (Å²) < 4.78 is 5.54. The molecule has 0 spiro atoms.